The van der Waals surface area contributed by atoms with Gasteiger partial charge in [-0.25, -0.2) is 4.98 Å². The molecule has 2 fully saturated rings. The number of piperazine rings is 1. The molecule has 3 rings (SSSR count). The van der Waals surface area contributed by atoms with Crippen LogP contribution in [0.25, 0.3) is 0 Å². The first kappa shape index (κ1) is 13.8. The molecule has 2 aliphatic rings. The number of hydrogen-bond acceptors (Lipinski definition) is 4. The highest BCUT2D eigenvalue weighted by Gasteiger charge is 2.37. The molecule has 1 aliphatic heterocycles. The Morgan fingerprint density at radius 1 is 1.40 bits per heavy atom. The van der Waals surface area contributed by atoms with Crippen LogP contribution in [0, 0.1) is 5.95 Å². The van der Waals surface area contributed by atoms with Gasteiger partial charge in [-0.2, -0.15) is 4.39 Å². The highest BCUT2D eigenvalue weighted by molar-refractivity contribution is 5.40. The lowest BCUT2D eigenvalue weighted by atomic mass is 9.80. The minimum atomic E-state index is -0.459. The van der Waals surface area contributed by atoms with Gasteiger partial charge in [-0.3, -0.25) is 4.90 Å². The second kappa shape index (κ2) is 5.30. The molecular weight excluding hydrogens is 257 g/mol. The van der Waals surface area contributed by atoms with E-state index >= 15 is 0 Å². The Morgan fingerprint density at radius 2 is 2.20 bits per heavy atom. The largest absolute Gasteiger partial charge is 0.389 e. The molecule has 1 N–H and O–H groups in total. The molecule has 2 heterocycles. The van der Waals surface area contributed by atoms with E-state index in [1.165, 1.54) is 6.07 Å². The number of aromatic nitrogens is 1. The molecule has 1 aliphatic carbocycles. The third-order valence-corrected chi connectivity index (χ3v) is 4.51. The van der Waals surface area contributed by atoms with Crippen molar-refractivity contribution in [2.24, 2.45) is 0 Å². The lowest BCUT2D eigenvalue weighted by Gasteiger charge is -2.46. The summed E-state index contributed by atoms with van der Waals surface area (Å²) >= 11 is 0. The highest BCUT2D eigenvalue weighted by atomic mass is 19.1. The molecule has 110 valence electrons. The van der Waals surface area contributed by atoms with E-state index in [4.69, 9.17) is 0 Å². The Balaban J connectivity index is 1.62. The van der Waals surface area contributed by atoms with Gasteiger partial charge in [0.1, 0.15) is 5.82 Å². The van der Waals surface area contributed by atoms with Crippen LogP contribution in [-0.2, 0) is 0 Å². The van der Waals surface area contributed by atoms with Crippen molar-refractivity contribution >= 4 is 5.82 Å². The Hall–Kier alpha value is -1.20. The summed E-state index contributed by atoms with van der Waals surface area (Å²) in [5, 5.41) is 10.3. The first-order valence-electron chi connectivity index (χ1n) is 7.40. The van der Waals surface area contributed by atoms with Crippen LogP contribution in [0.4, 0.5) is 10.2 Å². The van der Waals surface area contributed by atoms with Crippen molar-refractivity contribution in [2.75, 3.05) is 31.1 Å². The lowest BCUT2D eigenvalue weighted by molar-refractivity contribution is -0.0610. The van der Waals surface area contributed by atoms with Crippen LogP contribution >= 0.6 is 0 Å². The second-order valence-corrected chi connectivity index (χ2v) is 6.17. The van der Waals surface area contributed by atoms with Crippen LogP contribution in [0.2, 0.25) is 0 Å². The van der Waals surface area contributed by atoms with Crippen molar-refractivity contribution in [1.29, 1.82) is 0 Å². The van der Waals surface area contributed by atoms with Crippen molar-refractivity contribution in [1.82, 2.24) is 9.88 Å². The normalized spacial score (nSPS) is 26.4. The number of pyridine rings is 1. The Kier molecular flexibility index (Phi) is 3.65. The molecule has 0 aromatic carbocycles. The predicted octanol–water partition coefficient (Wildman–Crippen LogP) is 1.65. The molecule has 0 bridgehead atoms. The maximum atomic E-state index is 13.2. The summed E-state index contributed by atoms with van der Waals surface area (Å²) in [6, 6.07) is 5.21. The minimum Gasteiger partial charge on any atom is -0.389 e. The first-order valence-corrected chi connectivity index (χ1v) is 7.40. The van der Waals surface area contributed by atoms with Gasteiger partial charge in [0.15, 0.2) is 0 Å². The number of hydrogen-bond donors (Lipinski definition) is 1. The highest BCUT2D eigenvalue weighted by Crippen LogP contribution is 2.33. The SMILES string of the molecule is CC1CN(CC2(O)CCC2)CCN1c1cccc(F)n1. The molecule has 4 nitrogen and oxygen atoms in total. The smallest absolute Gasteiger partial charge is 0.214 e. The zero-order valence-corrected chi connectivity index (χ0v) is 11.9. The molecule has 1 aromatic rings. The van der Waals surface area contributed by atoms with Gasteiger partial charge in [0.25, 0.3) is 0 Å². The topological polar surface area (TPSA) is 39.6 Å². The van der Waals surface area contributed by atoms with E-state index in [-0.39, 0.29) is 6.04 Å². The van der Waals surface area contributed by atoms with Gasteiger partial charge in [0, 0.05) is 32.2 Å². The minimum absolute atomic E-state index is 0.279. The molecular formula is C15H22FN3O. The standard InChI is InChI=1S/C15H22FN3O/c1-12-10-18(11-15(20)6-3-7-15)8-9-19(12)14-5-2-4-13(16)17-14/h2,4-5,12,20H,3,6-11H2,1H3. The van der Waals surface area contributed by atoms with Crippen LogP contribution in [0.1, 0.15) is 26.2 Å². The van der Waals surface area contributed by atoms with E-state index < -0.39 is 11.5 Å². The van der Waals surface area contributed by atoms with Crippen LogP contribution in [0.3, 0.4) is 0 Å². The summed E-state index contributed by atoms with van der Waals surface area (Å²) < 4.78 is 13.2. The van der Waals surface area contributed by atoms with E-state index in [0.717, 1.165) is 45.4 Å². The zero-order valence-electron chi connectivity index (χ0n) is 11.9. The number of rotatable bonds is 3. The van der Waals surface area contributed by atoms with Gasteiger partial charge >= 0.3 is 0 Å². The summed E-state index contributed by atoms with van der Waals surface area (Å²) in [5.41, 5.74) is -0.459. The van der Waals surface area contributed by atoms with Crippen molar-refractivity contribution in [3.63, 3.8) is 0 Å². The monoisotopic (exact) mass is 279 g/mol. The Morgan fingerprint density at radius 3 is 2.80 bits per heavy atom. The van der Waals surface area contributed by atoms with Gasteiger partial charge in [-0.15, -0.1) is 0 Å². The van der Waals surface area contributed by atoms with E-state index in [9.17, 15) is 9.50 Å². The quantitative estimate of drug-likeness (QED) is 0.854. The Labute approximate surface area is 119 Å². The summed E-state index contributed by atoms with van der Waals surface area (Å²) in [5.74, 6) is 0.278. The predicted molar refractivity (Wildman–Crippen MR) is 76.2 cm³/mol. The summed E-state index contributed by atoms with van der Waals surface area (Å²) in [7, 11) is 0. The van der Waals surface area contributed by atoms with Crippen LogP contribution in [0.15, 0.2) is 18.2 Å². The number of nitrogens with zero attached hydrogens (tertiary/aromatic N) is 3. The zero-order chi connectivity index (χ0) is 14.2. The first-order chi connectivity index (χ1) is 9.56. The lowest BCUT2D eigenvalue weighted by Crippen LogP contribution is -2.57. The molecule has 1 unspecified atom stereocenters. The third-order valence-electron chi connectivity index (χ3n) is 4.51. The summed E-state index contributed by atoms with van der Waals surface area (Å²) in [6.45, 7) is 5.50. The fraction of sp³-hybridized carbons (Fsp3) is 0.667. The van der Waals surface area contributed by atoms with Gasteiger partial charge in [-0.05, 0) is 38.3 Å². The number of anilines is 1. The molecule has 0 radical (unpaired) electrons. The maximum absolute atomic E-state index is 13.2. The van der Waals surface area contributed by atoms with Gasteiger partial charge in [0.05, 0.1) is 5.60 Å². The third kappa shape index (κ3) is 2.79. The van der Waals surface area contributed by atoms with Gasteiger partial charge < -0.3 is 10.0 Å². The molecule has 5 heteroatoms. The molecule has 1 aromatic heterocycles. The Bertz CT molecular complexity index is 478. The van der Waals surface area contributed by atoms with Crippen molar-refractivity contribution in [3.8, 4) is 0 Å². The van der Waals surface area contributed by atoms with Crippen molar-refractivity contribution in [3.05, 3.63) is 24.1 Å². The van der Waals surface area contributed by atoms with Gasteiger partial charge in [0.2, 0.25) is 5.95 Å². The van der Waals surface area contributed by atoms with Crippen LogP contribution < -0.4 is 4.90 Å². The summed E-state index contributed by atoms with van der Waals surface area (Å²) in [4.78, 5) is 8.43. The van der Waals surface area contributed by atoms with E-state index in [1.54, 1.807) is 6.07 Å². The van der Waals surface area contributed by atoms with Crippen molar-refractivity contribution in [2.45, 2.75) is 37.8 Å². The van der Waals surface area contributed by atoms with Crippen LogP contribution in [0.5, 0.6) is 0 Å². The van der Waals surface area contributed by atoms with E-state index in [1.807, 2.05) is 6.07 Å². The summed E-state index contributed by atoms with van der Waals surface area (Å²) in [6.07, 6.45) is 2.99. The maximum Gasteiger partial charge on any atom is 0.214 e. The van der Waals surface area contributed by atoms with E-state index in [2.05, 4.69) is 21.7 Å². The number of β-amino-alcohol motifs (C(OH)–C–C–N with tert-alkyl or cyclic N) is 1. The van der Waals surface area contributed by atoms with Crippen molar-refractivity contribution < 1.29 is 9.50 Å². The molecule has 0 spiro atoms. The van der Waals surface area contributed by atoms with Gasteiger partial charge in [-0.1, -0.05) is 6.07 Å². The fourth-order valence-corrected chi connectivity index (χ4v) is 3.23. The number of halogens is 1. The van der Waals surface area contributed by atoms with E-state index in [0.29, 0.717) is 5.82 Å². The molecule has 1 atom stereocenters. The number of aliphatic hydroxyl groups is 1. The van der Waals surface area contributed by atoms with Crippen LogP contribution in [-0.4, -0.2) is 52.8 Å². The molecule has 0 amide bonds. The molecule has 1 saturated heterocycles. The molecule has 1 saturated carbocycles. The fourth-order valence-electron chi connectivity index (χ4n) is 3.23. The molecule has 20 heavy (non-hydrogen) atoms. The average Bonchev–Trinajstić information content (AvgIpc) is 2.37. The second-order valence-electron chi connectivity index (χ2n) is 6.17. The average molecular weight is 279 g/mol.